The fraction of sp³-hybridized carbons (Fsp3) is 0. The molecule has 0 aromatic heterocycles. The minimum atomic E-state index is -1.01. The molecule has 0 spiro atoms. The van der Waals surface area contributed by atoms with Gasteiger partial charge in [0, 0.05) is 11.1 Å². The van der Waals surface area contributed by atoms with E-state index in [0.29, 0.717) is 0 Å². The van der Waals surface area contributed by atoms with Gasteiger partial charge in [-0.2, -0.15) is 0 Å². The molecule has 7 aromatic rings. The molecule has 7 aromatic carbocycles. The first-order valence-electron chi connectivity index (χ1n) is 15.6. The van der Waals surface area contributed by atoms with Crippen molar-refractivity contribution >= 4 is 29.9 Å². The Hall–Kier alpha value is -5.43. The molecule has 0 amide bonds. The van der Waals surface area contributed by atoms with Crippen LogP contribution in [0.4, 0.5) is 0 Å². The predicted octanol–water partition coefficient (Wildman–Crippen LogP) is 7.93. The van der Waals surface area contributed by atoms with E-state index in [2.05, 4.69) is 182 Å². The highest BCUT2D eigenvalue weighted by Gasteiger charge is 2.15. The van der Waals surface area contributed by atoms with Gasteiger partial charge in [-0.3, -0.25) is 0 Å². The van der Waals surface area contributed by atoms with Crippen LogP contribution in [0, 0.1) is 0 Å². The number of benzene rings is 7. The molecule has 0 atom stereocenters. The van der Waals surface area contributed by atoms with E-state index in [1.54, 1.807) is 0 Å². The van der Waals surface area contributed by atoms with Gasteiger partial charge in [-0.1, -0.05) is 170 Å². The van der Waals surface area contributed by atoms with Crippen LogP contribution in [0.2, 0.25) is 0 Å². The third-order valence-corrected chi connectivity index (χ3v) is 10.7. The molecule has 0 radical (unpaired) electrons. The summed E-state index contributed by atoms with van der Waals surface area (Å²) in [5, 5.41) is 2.52. The molecule has 2 nitrogen and oxygen atoms in total. The molecule has 0 aliphatic heterocycles. The van der Waals surface area contributed by atoms with Crippen molar-refractivity contribution in [1.82, 2.24) is 0 Å². The summed E-state index contributed by atoms with van der Waals surface area (Å²) in [7, 11) is -2.03. The van der Waals surface area contributed by atoms with Crippen LogP contribution >= 0.6 is 0 Å². The highest BCUT2D eigenvalue weighted by Crippen LogP contribution is 2.40. The Kier molecular flexibility index (Phi) is 8.99. The van der Waals surface area contributed by atoms with Gasteiger partial charge in [-0.15, -0.1) is 0 Å². The third-order valence-electron chi connectivity index (χ3n) is 8.16. The molecule has 46 heavy (non-hydrogen) atoms. The van der Waals surface area contributed by atoms with E-state index in [4.69, 9.17) is 8.85 Å². The van der Waals surface area contributed by atoms with Crippen molar-refractivity contribution in [2.75, 3.05) is 0 Å². The van der Waals surface area contributed by atoms with Crippen molar-refractivity contribution in [2.45, 2.75) is 0 Å². The normalized spacial score (nSPS) is 11.3. The Morgan fingerprint density at radius 3 is 0.957 bits per heavy atom. The molecule has 0 fully saturated rings. The first kappa shape index (κ1) is 29.3. The molecule has 0 N–H and O–H groups in total. The number of hydrogen-bond donors (Lipinski definition) is 0. The zero-order valence-electron chi connectivity index (χ0n) is 25.6. The molecule has 0 saturated carbocycles. The highest BCUT2D eigenvalue weighted by molar-refractivity contribution is 6.50. The number of rotatable bonds is 10. The Morgan fingerprint density at radius 1 is 0.283 bits per heavy atom. The van der Waals surface area contributed by atoms with E-state index in [1.807, 2.05) is 0 Å². The predicted molar refractivity (Wildman–Crippen MR) is 199 cm³/mol. The van der Waals surface area contributed by atoms with Crippen LogP contribution in [0.3, 0.4) is 0 Å². The van der Waals surface area contributed by atoms with Crippen molar-refractivity contribution in [2.24, 2.45) is 0 Å². The zero-order chi connectivity index (χ0) is 31.0. The first-order chi connectivity index (χ1) is 22.8. The summed E-state index contributed by atoms with van der Waals surface area (Å²) < 4.78 is 13.3. The Balaban J connectivity index is 1.10. The topological polar surface area (TPSA) is 18.5 Å². The summed E-state index contributed by atoms with van der Waals surface area (Å²) in [6.45, 7) is 0. The van der Waals surface area contributed by atoms with Crippen LogP contribution in [-0.4, -0.2) is 19.5 Å². The quantitative estimate of drug-likeness (QED) is 0.144. The highest BCUT2D eigenvalue weighted by atomic mass is 28.2. The molecule has 0 aliphatic rings. The largest absolute Gasteiger partial charge is 0.544 e. The summed E-state index contributed by atoms with van der Waals surface area (Å²) >= 11 is 0. The van der Waals surface area contributed by atoms with Crippen molar-refractivity contribution < 1.29 is 8.85 Å². The third kappa shape index (κ3) is 6.64. The maximum absolute atomic E-state index is 6.65. The van der Waals surface area contributed by atoms with Crippen molar-refractivity contribution in [3.05, 3.63) is 182 Å². The fourth-order valence-corrected chi connectivity index (χ4v) is 7.86. The van der Waals surface area contributed by atoms with Crippen LogP contribution < -0.4 is 19.2 Å². The second-order valence-electron chi connectivity index (χ2n) is 11.2. The van der Waals surface area contributed by atoms with Crippen LogP contribution in [0.25, 0.3) is 44.5 Å². The monoisotopic (exact) mass is 626 g/mol. The maximum Gasteiger partial charge on any atom is 0.251 e. The summed E-state index contributed by atoms with van der Waals surface area (Å²) in [6, 6.07) is 63.9. The van der Waals surface area contributed by atoms with Crippen LogP contribution in [0.5, 0.6) is 11.5 Å². The lowest BCUT2D eigenvalue weighted by molar-refractivity contribution is 0.606. The standard InChI is InChI=1S/C42H34O2Si2/c1-5-15-31(16-6-1)37-23-13-25-39(41(37)33-19-9-3-10-20-33)43-45-35-27-29-36(30-28-35)46-44-40-26-14-24-38(32-17-7-2-8-18-32)42(40)34-21-11-4-12-22-34/h1-30H,45-46H2. The average Bonchev–Trinajstić information content (AvgIpc) is 3.14. The summed E-state index contributed by atoms with van der Waals surface area (Å²) in [5.74, 6) is 1.88. The minimum absolute atomic E-state index is 0.938. The lowest BCUT2D eigenvalue weighted by Gasteiger charge is -2.18. The molecule has 7 rings (SSSR count). The van der Waals surface area contributed by atoms with Crippen LogP contribution in [0.15, 0.2) is 182 Å². The smallest absolute Gasteiger partial charge is 0.251 e. The van der Waals surface area contributed by atoms with E-state index < -0.39 is 19.5 Å². The second kappa shape index (κ2) is 14.1. The Bertz CT molecular complexity index is 1860. The van der Waals surface area contributed by atoms with Crippen molar-refractivity contribution in [3.8, 4) is 56.0 Å². The molecule has 0 unspecified atom stereocenters. The minimum Gasteiger partial charge on any atom is -0.544 e. The van der Waals surface area contributed by atoms with Crippen LogP contribution in [0.1, 0.15) is 0 Å². The van der Waals surface area contributed by atoms with E-state index in [-0.39, 0.29) is 0 Å². The van der Waals surface area contributed by atoms with Gasteiger partial charge < -0.3 is 8.85 Å². The zero-order valence-corrected chi connectivity index (χ0v) is 28.4. The van der Waals surface area contributed by atoms with Gasteiger partial charge in [0.1, 0.15) is 11.5 Å². The van der Waals surface area contributed by atoms with Gasteiger partial charge in [0.2, 0.25) is 0 Å². The fourth-order valence-electron chi connectivity index (χ4n) is 5.88. The van der Waals surface area contributed by atoms with Crippen molar-refractivity contribution in [3.63, 3.8) is 0 Å². The lowest BCUT2D eigenvalue weighted by atomic mass is 9.94. The molecule has 222 valence electrons. The second-order valence-corrected chi connectivity index (χ2v) is 14.0. The lowest BCUT2D eigenvalue weighted by Crippen LogP contribution is -2.26. The summed E-state index contributed by atoms with van der Waals surface area (Å²) in [6.07, 6.45) is 0. The van der Waals surface area contributed by atoms with Gasteiger partial charge in [0.15, 0.2) is 0 Å². The first-order valence-corrected chi connectivity index (χ1v) is 18.2. The SMILES string of the molecule is c1ccc(-c2cccc(O[SiH2]c3ccc([SiH2]Oc4cccc(-c5ccccc5)c4-c4ccccc4)cc3)c2-c2ccccc2)cc1. The maximum atomic E-state index is 6.65. The molecular weight excluding hydrogens is 593 g/mol. The van der Waals surface area contributed by atoms with E-state index in [0.717, 1.165) is 33.8 Å². The molecule has 4 heteroatoms. The van der Waals surface area contributed by atoms with E-state index in [9.17, 15) is 0 Å². The number of hydrogen-bond acceptors (Lipinski definition) is 2. The average molecular weight is 627 g/mol. The Labute approximate surface area is 275 Å². The van der Waals surface area contributed by atoms with E-state index in [1.165, 1.54) is 32.6 Å². The van der Waals surface area contributed by atoms with Crippen molar-refractivity contribution in [1.29, 1.82) is 0 Å². The summed E-state index contributed by atoms with van der Waals surface area (Å²) in [5.41, 5.74) is 9.36. The van der Waals surface area contributed by atoms with Gasteiger partial charge in [0.25, 0.3) is 19.5 Å². The molecule has 0 saturated heterocycles. The van der Waals surface area contributed by atoms with Gasteiger partial charge in [-0.05, 0) is 55.9 Å². The van der Waals surface area contributed by atoms with Gasteiger partial charge in [-0.25, -0.2) is 0 Å². The van der Waals surface area contributed by atoms with E-state index >= 15 is 0 Å². The molecular formula is C42H34O2Si2. The van der Waals surface area contributed by atoms with Crippen LogP contribution in [-0.2, 0) is 0 Å². The van der Waals surface area contributed by atoms with Gasteiger partial charge in [0.05, 0.1) is 0 Å². The molecule has 0 aliphatic carbocycles. The molecule has 0 bridgehead atoms. The van der Waals surface area contributed by atoms with Gasteiger partial charge >= 0.3 is 0 Å². The Morgan fingerprint density at radius 2 is 0.609 bits per heavy atom. The summed E-state index contributed by atoms with van der Waals surface area (Å²) in [4.78, 5) is 0. The molecule has 0 heterocycles.